The zero-order valence-corrected chi connectivity index (χ0v) is 12.7. The van der Waals surface area contributed by atoms with E-state index in [0.29, 0.717) is 11.7 Å². The lowest BCUT2D eigenvalue weighted by atomic mass is 10.2. The molecule has 0 fully saturated rings. The minimum atomic E-state index is 0.209. The van der Waals surface area contributed by atoms with Crippen molar-refractivity contribution in [2.24, 2.45) is 0 Å². The van der Waals surface area contributed by atoms with Crippen LogP contribution in [0, 0.1) is 0 Å². The smallest absolute Gasteiger partial charge is 0.210 e. The molecule has 4 heterocycles. The van der Waals surface area contributed by atoms with Crippen molar-refractivity contribution in [2.45, 2.75) is 19.5 Å². The summed E-state index contributed by atoms with van der Waals surface area (Å²) >= 11 is 1.39. The van der Waals surface area contributed by atoms with E-state index in [1.54, 1.807) is 6.20 Å². The molecule has 3 aromatic heterocycles. The Morgan fingerprint density at radius 3 is 2.86 bits per heavy atom. The number of nitrogen functional groups attached to an aromatic ring is 1. The highest BCUT2D eigenvalue weighted by molar-refractivity contribution is 7.18. The highest BCUT2D eigenvalue weighted by atomic mass is 32.1. The van der Waals surface area contributed by atoms with Gasteiger partial charge in [0.15, 0.2) is 11.6 Å². The molecular weight excluding hydrogens is 300 g/mol. The van der Waals surface area contributed by atoms with Crippen molar-refractivity contribution in [3.05, 3.63) is 30.2 Å². The van der Waals surface area contributed by atoms with E-state index in [2.05, 4.69) is 41.8 Å². The Morgan fingerprint density at radius 1 is 1.23 bits per heavy atom. The number of nitrogens with zero attached hydrogens (tertiary/aromatic N) is 7. The fraction of sp³-hybridized carbons (Fsp3) is 0.308. The van der Waals surface area contributed by atoms with Gasteiger partial charge in [-0.2, -0.15) is 0 Å². The standard InChI is InChI=1S/C13H14N8S/c1-8-6-20(13-19-18-12(14)22-13)7-10-16-17-11(21(8)10)9-4-2-3-5-15-9/h2-5,8H,6-7H2,1H3,(H2,14,18)/t8-/m0/s1. The van der Waals surface area contributed by atoms with Gasteiger partial charge in [0.1, 0.15) is 5.69 Å². The molecule has 8 nitrogen and oxygen atoms in total. The molecule has 1 aliphatic heterocycles. The summed E-state index contributed by atoms with van der Waals surface area (Å²) in [6.07, 6.45) is 1.76. The summed E-state index contributed by atoms with van der Waals surface area (Å²) in [5.41, 5.74) is 6.51. The predicted octanol–water partition coefficient (Wildman–Crippen LogP) is 1.35. The summed E-state index contributed by atoms with van der Waals surface area (Å²) in [6.45, 7) is 3.58. The lowest BCUT2D eigenvalue weighted by Crippen LogP contribution is -2.36. The molecule has 112 valence electrons. The molecule has 2 N–H and O–H groups in total. The van der Waals surface area contributed by atoms with Crippen molar-refractivity contribution in [1.82, 2.24) is 29.9 Å². The van der Waals surface area contributed by atoms with Crippen molar-refractivity contribution < 1.29 is 0 Å². The average Bonchev–Trinajstić information content (AvgIpc) is 3.14. The third-order valence-electron chi connectivity index (χ3n) is 3.62. The third-order valence-corrected chi connectivity index (χ3v) is 4.43. The van der Waals surface area contributed by atoms with Crippen molar-refractivity contribution in [3.63, 3.8) is 0 Å². The lowest BCUT2D eigenvalue weighted by Gasteiger charge is -2.31. The van der Waals surface area contributed by atoms with Gasteiger partial charge in [-0.3, -0.25) is 4.98 Å². The zero-order chi connectivity index (χ0) is 15.1. The maximum atomic E-state index is 5.67. The fourth-order valence-electron chi connectivity index (χ4n) is 2.70. The maximum absolute atomic E-state index is 5.67. The third kappa shape index (κ3) is 2.10. The number of anilines is 2. The van der Waals surface area contributed by atoms with Crippen LogP contribution in [-0.2, 0) is 6.54 Å². The molecule has 0 aliphatic carbocycles. The molecular formula is C13H14N8S. The second kappa shape index (κ2) is 5.02. The molecule has 9 heteroatoms. The first-order chi connectivity index (χ1) is 10.7. The molecule has 22 heavy (non-hydrogen) atoms. The Labute approximate surface area is 130 Å². The van der Waals surface area contributed by atoms with Crippen molar-refractivity contribution in [1.29, 1.82) is 0 Å². The Morgan fingerprint density at radius 2 is 2.14 bits per heavy atom. The molecule has 0 spiro atoms. The summed E-state index contributed by atoms with van der Waals surface area (Å²) in [5.74, 6) is 1.70. The first-order valence-electron chi connectivity index (χ1n) is 6.91. The number of hydrogen-bond donors (Lipinski definition) is 1. The molecule has 0 radical (unpaired) electrons. The normalized spacial score (nSPS) is 17.5. The lowest BCUT2D eigenvalue weighted by molar-refractivity contribution is 0.465. The van der Waals surface area contributed by atoms with Gasteiger partial charge in [-0.1, -0.05) is 17.4 Å². The predicted molar refractivity (Wildman–Crippen MR) is 83.3 cm³/mol. The number of fused-ring (bicyclic) bond motifs is 1. The van der Waals surface area contributed by atoms with E-state index < -0.39 is 0 Å². The Kier molecular flexibility index (Phi) is 3.00. The maximum Gasteiger partial charge on any atom is 0.210 e. The second-order valence-corrected chi connectivity index (χ2v) is 6.16. The van der Waals surface area contributed by atoms with Crippen LogP contribution < -0.4 is 10.6 Å². The van der Waals surface area contributed by atoms with Crippen LogP contribution in [0.25, 0.3) is 11.5 Å². The molecule has 4 rings (SSSR count). The summed E-state index contributed by atoms with van der Waals surface area (Å²) in [6, 6.07) is 6.00. The van der Waals surface area contributed by atoms with E-state index in [0.717, 1.165) is 29.0 Å². The van der Waals surface area contributed by atoms with Gasteiger partial charge in [0, 0.05) is 12.7 Å². The first-order valence-corrected chi connectivity index (χ1v) is 7.73. The fourth-order valence-corrected chi connectivity index (χ4v) is 3.32. The van der Waals surface area contributed by atoms with Gasteiger partial charge >= 0.3 is 0 Å². The van der Waals surface area contributed by atoms with Gasteiger partial charge in [0.25, 0.3) is 0 Å². The van der Waals surface area contributed by atoms with E-state index in [9.17, 15) is 0 Å². The molecule has 3 aromatic rings. The van der Waals surface area contributed by atoms with E-state index in [1.165, 1.54) is 11.3 Å². The van der Waals surface area contributed by atoms with Crippen LogP contribution in [0.5, 0.6) is 0 Å². The summed E-state index contributed by atoms with van der Waals surface area (Å²) in [7, 11) is 0. The highest BCUT2D eigenvalue weighted by Crippen LogP contribution is 2.31. The summed E-state index contributed by atoms with van der Waals surface area (Å²) < 4.78 is 2.14. The average molecular weight is 314 g/mol. The monoisotopic (exact) mass is 314 g/mol. The summed E-state index contributed by atoms with van der Waals surface area (Å²) in [4.78, 5) is 6.50. The second-order valence-electron chi connectivity index (χ2n) is 5.18. The van der Waals surface area contributed by atoms with E-state index >= 15 is 0 Å². The largest absolute Gasteiger partial charge is 0.374 e. The minimum Gasteiger partial charge on any atom is -0.374 e. The Balaban J connectivity index is 1.70. The van der Waals surface area contributed by atoms with Gasteiger partial charge < -0.3 is 15.2 Å². The van der Waals surface area contributed by atoms with Crippen LogP contribution in [-0.4, -0.2) is 36.5 Å². The van der Waals surface area contributed by atoms with Crippen LogP contribution in [0.3, 0.4) is 0 Å². The van der Waals surface area contributed by atoms with Gasteiger partial charge in [-0.15, -0.1) is 20.4 Å². The molecule has 1 aliphatic rings. The SMILES string of the molecule is C[C@H]1CN(c2nnc(N)s2)Cc2nnc(-c3ccccn3)n21. The van der Waals surface area contributed by atoms with Crippen LogP contribution in [0.2, 0.25) is 0 Å². The first kappa shape index (κ1) is 13.1. The molecule has 0 saturated carbocycles. The molecule has 0 aromatic carbocycles. The molecule has 0 amide bonds. The van der Waals surface area contributed by atoms with Crippen molar-refractivity contribution in [3.8, 4) is 11.5 Å². The van der Waals surface area contributed by atoms with Gasteiger partial charge in [-0.25, -0.2) is 0 Å². The zero-order valence-electron chi connectivity index (χ0n) is 11.9. The number of nitrogens with two attached hydrogens (primary N) is 1. The van der Waals surface area contributed by atoms with Crippen LogP contribution in [0.4, 0.5) is 10.3 Å². The number of aromatic nitrogens is 6. The molecule has 0 unspecified atom stereocenters. The number of rotatable bonds is 2. The van der Waals surface area contributed by atoms with E-state index in [1.807, 2.05) is 18.2 Å². The van der Waals surface area contributed by atoms with Gasteiger partial charge in [0.2, 0.25) is 10.3 Å². The Bertz CT molecular complexity index is 795. The Hall–Kier alpha value is -2.55. The minimum absolute atomic E-state index is 0.209. The van der Waals surface area contributed by atoms with Gasteiger partial charge in [0.05, 0.1) is 12.6 Å². The van der Waals surface area contributed by atoms with Crippen LogP contribution >= 0.6 is 11.3 Å². The molecule has 1 atom stereocenters. The topological polar surface area (TPSA) is 98.6 Å². The number of pyridine rings is 1. The quantitative estimate of drug-likeness (QED) is 0.762. The van der Waals surface area contributed by atoms with E-state index in [-0.39, 0.29) is 6.04 Å². The summed E-state index contributed by atoms with van der Waals surface area (Å²) in [5, 5.41) is 17.9. The van der Waals surface area contributed by atoms with E-state index in [4.69, 9.17) is 5.73 Å². The molecule has 0 saturated heterocycles. The van der Waals surface area contributed by atoms with Crippen molar-refractivity contribution >= 4 is 21.6 Å². The number of hydrogen-bond acceptors (Lipinski definition) is 8. The van der Waals surface area contributed by atoms with Gasteiger partial charge in [-0.05, 0) is 19.1 Å². The van der Waals surface area contributed by atoms with Crippen molar-refractivity contribution in [2.75, 3.05) is 17.2 Å². The molecule has 0 bridgehead atoms. The van der Waals surface area contributed by atoms with Crippen LogP contribution in [0.15, 0.2) is 24.4 Å². The van der Waals surface area contributed by atoms with Crippen LogP contribution in [0.1, 0.15) is 18.8 Å². The highest BCUT2D eigenvalue weighted by Gasteiger charge is 2.28.